The number of pyridine rings is 1. The molecule has 0 amide bonds. The van der Waals surface area contributed by atoms with Gasteiger partial charge < -0.3 is 0 Å². The molecule has 0 spiro atoms. The van der Waals surface area contributed by atoms with Crippen molar-refractivity contribution in [2.45, 2.75) is 20.3 Å². The van der Waals surface area contributed by atoms with Gasteiger partial charge in [0.15, 0.2) is 0 Å². The molecule has 1 rings (SSSR count). The van der Waals surface area contributed by atoms with E-state index in [9.17, 15) is 8.78 Å². The van der Waals surface area contributed by atoms with Gasteiger partial charge in [-0.3, -0.25) is 4.98 Å². The van der Waals surface area contributed by atoms with Crippen molar-refractivity contribution in [1.82, 2.24) is 4.98 Å². The van der Waals surface area contributed by atoms with E-state index >= 15 is 0 Å². The molecular formula is C8H9F2N. The molecule has 1 aromatic rings. The zero-order valence-electron chi connectivity index (χ0n) is 6.44. The lowest BCUT2D eigenvalue weighted by Gasteiger charge is -2.03. The van der Waals surface area contributed by atoms with E-state index in [-0.39, 0.29) is 5.56 Å². The fourth-order valence-corrected chi connectivity index (χ4v) is 0.936. The van der Waals surface area contributed by atoms with Crippen LogP contribution >= 0.6 is 0 Å². The molecule has 0 radical (unpaired) electrons. The molecule has 60 valence electrons. The summed E-state index contributed by atoms with van der Waals surface area (Å²) in [5.74, 6) is 0. The average molecular weight is 157 g/mol. The van der Waals surface area contributed by atoms with Crippen molar-refractivity contribution in [3.05, 3.63) is 29.1 Å². The lowest BCUT2D eigenvalue weighted by molar-refractivity contribution is 0.150. The number of aryl methyl sites for hydroxylation is 2. The molecule has 1 nitrogen and oxygen atoms in total. The van der Waals surface area contributed by atoms with Crippen LogP contribution in [0.15, 0.2) is 12.3 Å². The standard InChI is InChI=1S/C8H9F2N/c1-5-3-6(2)11-4-7(5)8(9)10/h3-4,8H,1-2H3. The van der Waals surface area contributed by atoms with Gasteiger partial charge in [0.1, 0.15) is 0 Å². The summed E-state index contributed by atoms with van der Waals surface area (Å²) in [5, 5.41) is 0. The second-order valence-corrected chi connectivity index (χ2v) is 2.48. The molecule has 0 aromatic carbocycles. The van der Waals surface area contributed by atoms with E-state index in [2.05, 4.69) is 4.98 Å². The quantitative estimate of drug-likeness (QED) is 0.610. The van der Waals surface area contributed by atoms with Gasteiger partial charge in [0, 0.05) is 17.5 Å². The van der Waals surface area contributed by atoms with Gasteiger partial charge in [0.25, 0.3) is 6.43 Å². The Kier molecular flexibility index (Phi) is 2.17. The minimum atomic E-state index is -2.41. The molecule has 3 heteroatoms. The molecule has 0 fully saturated rings. The zero-order valence-corrected chi connectivity index (χ0v) is 6.44. The summed E-state index contributed by atoms with van der Waals surface area (Å²) in [5.41, 5.74) is 1.40. The maximum absolute atomic E-state index is 12.1. The second kappa shape index (κ2) is 2.95. The predicted molar refractivity (Wildman–Crippen MR) is 38.7 cm³/mol. The Morgan fingerprint density at radius 1 is 1.36 bits per heavy atom. The molecule has 1 aromatic heterocycles. The third-order valence-corrected chi connectivity index (χ3v) is 1.52. The molecule has 0 unspecified atom stereocenters. The first-order chi connectivity index (χ1) is 5.11. The summed E-state index contributed by atoms with van der Waals surface area (Å²) in [6.07, 6.45) is -1.18. The van der Waals surface area contributed by atoms with Crippen molar-refractivity contribution in [2.75, 3.05) is 0 Å². The topological polar surface area (TPSA) is 12.9 Å². The third-order valence-electron chi connectivity index (χ3n) is 1.52. The van der Waals surface area contributed by atoms with E-state index in [1.165, 1.54) is 6.20 Å². The van der Waals surface area contributed by atoms with E-state index < -0.39 is 6.43 Å². The minimum absolute atomic E-state index is 0.0237. The van der Waals surface area contributed by atoms with Crippen LogP contribution in [-0.2, 0) is 0 Å². The fraction of sp³-hybridized carbons (Fsp3) is 0.375. The van der Waals surface area contributed by atoms with Gasteiger partial charge in [-0.15, -0.1) is 0 Å². The third kappa shape index (κ3) is 1.73. The number of hydrogen-bond acceptors (Lipinski definition) is 1. The molecule has 0 saturated carbocycles. The summed E-state index contributed by atoms with van der Waals surface area (Å²) < 4.78 is 24.2. The summed E-state index contributed by atoms with van der Waals surface area (Å²) in [4.78, 5) is 3.78. The number of rotatable bonds is 1. The van der Waals surface area contributed by atoms with Crippen molar-refractivity contribution in [2.24, 2.45) is 0 Å². The molecule has 11 heavy (non-hydrogen) atoms. The Hall–Kier alpha value is -0.990. The van der Waals surface area contributed by atoms with Crippen LogP contribution in [0.2, 0.25) is 0 Å². The number of halogens is 2. The molecule has 0 atom stereocenters. The highest BCUT2D eigenvalue weighted by atomic mass is 19.3. The highest BCUT2D eigenvalue weighted by Crippen LogP contribution is 2.21. The van der Waals surface area contributed by atoms with E-state index in [1.807, 2.05) is 0 Å². The van der Waals surface area contributed by atoms with E-state index in [1.54, 1.807) is 19.9 Å². The van der Waals surface area contributed by atoms with Gasteiger partial charge in [0.2, 0.25) is 0 Å². The van der Waals surface area contributed by atoms with Crippen LogP contribution in [0.1, 0.15) is 23.2 Å². The normalized spacial score (nSPS) is 10.6. The lowest BCUT2D eigenvalue weighted by atomic mass is 10.1. The molecule has 0 saturated heterocycles. The van der Waals surface area contributed by atoms with Gasteiger partial charge in [-0.1, -0.05) is 0 Å². The monoisotopic (exact) mass is 157 g/mol. The van der Waals surface area contributed by atoms with Gasteiger partial charge in [-0.2, -0.15) is 0 Å². The summed E-state index contributed by atoms with van der Waals surface area (Å²) in [6, 6.07) is 1.65. The van der Waals surface area contributed by atoms with Crippen LogP contribution in [0.4, 0.5) is 8.78 Å². The van der Waals surface area contributed by atoms with Crippen LogP contribution in [0, 0.1) is 13.8 Å². The minimum Gasteiger partial charge on any atom is -0.261 e. The summed E-state index contributed by atoms with van der Waals surface area (Å²) in [6.45, 7) is 3.44. The van der Waals surface area contributed by atoms with Crippen LogP contribution in [-0.4, -0.2) is 4.98 Å². The van der Waals surface area contributed by atoms with Crippen LogP contribution < -0.4 is 0 Å². The molecule has 0 aliphatic heterocycles. The van der Waals surface area contributed by atoms with Crippen LogP contribution in [0.3, 0.4) is 0 Å². The molecule has 0 aliphatic rings. The second-order valence-electron chi connectivity index (χ2n) is 2.48. The van der Waals surface area contributed by atoms with Crippen molar-refractivity contribution in [3.8, 4) is 0 Å². The van der Waals surface area contributed by atoms with E-state index in [4.69, 9.17) is 0 Å². The first-order valence-electron chi connectivity index (χ1n) is 3.32. The maximum Gasteiger partial charge on any atom is 0.265 e. The average Bonchev–Trinajstić information content (AvgIpc) is 1.85. The summed E-state index contributed by atoms with van der Waals surface area (Å²) in [7, 11) is 0. The largest absolute Gasteiger partial charge is 0.265 e. The lowest BCUT2D eigenvalue weighted by Crippen LogP contribution is -1.92. The van der Waals surface area contributed by atoms with E-state index in [0.29, 0.717) is 5.56 Å². The number of hydrogen-bond donors (Lipinski definition) is 0. The molecule has 0 bridgehead atoms. The Bertz CT molecular complexity index is 258. The van der Waals surface area contributed by atoms with Gasteiger partial charge in [-0.05, 0) is 25.5 Å². The predicted octanol–water partition coefficient (Wildman–Crippen LogP) is 2.64. The first-order valence-corrected chi connectivity index (χ1v) is 3.32. The van der Waals surface area contributed by atoms with Crippen molar-refractivity contribution in [1.29, 1.82) is 0 Å². The van der Waals surface area contributed by atoms with Crippen molar-refractivity contribution >= 4 is 0 Å². The highest BCUT2D eigenvalue weighted by molar-refractivity contribution is 5.25. The highest BCUT2D eigenvalue weighted by Gasteiger charge is 2.09. The van der Waals surface area contributed by atoms with Crippen molar-refractivity contribution in [3.63, 3.8) is 0 Å². The Balaban J connectivity index is 3.09. The van der Waals surface area contributed by atoms with Gasteiger partial charge >= 0.3 is 0 Å². The smallest absolute Gasteiger partial charge is 0.261 e. The van der Waals surface area contributed by atoms with Gasteiger partial charge in [-0.25, -0.2) is 8.78 Å². The molecule has 1 heterocycles. The maximum atomic E-state index is 12.1. The Labute approximate surface area is 64.1 Å². The van der Waals surface area contributed by atoms with Gasteiger partial charge in [0.05, 0.1) is 0 Å². The Morgan fingerprint density at radius 2 is 2.00 bits per heavy atom. The number of alkyl halides is 2. The zero-order chi connectivity index (χ0) is 8.43. The van der Waals surface area contributed by atoms with Crippen molar-refractivity contribution < 1.29 is 8.78 Å². The fourth-order valence-electron chi connectivity index (χ4n) is 0.936. The number of aromatic nitrogens is 1. The molecular weight excluding hydrogens is 148 g/mol. The van der Waals surface area contributed by atoms with E-state index in [0.717, 1.165) is 5.69 Å². The SMILES string of the molecule is Cc1cc(C)c(C(F)F)cn1. The molecule has 0 N–H and O–H groups in total. The van der Waals surface area contributed by atoms with Crippen LogP contribution in [0.25, 0.3) is 0 Å². The first kappa shape index (κ1) is 8.11. The molecule has 0 aliphatic carbocycles. The summed E-state index contributed by atoms with van der Waals surface area (Å²) >= 11 is 0. The Morgan fingerprint density at radius 3 is 2.45 bits per heavy atom. The number of nitrogens with zero attached hydrogens (tertiary/aromatic N) is 1. The van der Waals surface area contributed by atoms with Crippen LogP contribution in [0.5, 0.6) is 0 Å².